The monoisotopic (exact) mass is 308 g/mol. The Kier molecular flexibility index (Phi) is 5.80. The molecule has 0 unspecified atom stereocenters. The standard InChI is InChI=1S/C13H16ClF3N2O/c1-3-9(4-2)19(8-13(15,16)17)12(20)10-6-5-7-11(14)18-10/h5-7,9H,3-4,8H2,1-2H3. The molecule has 1 rings (SSSR count). The van der Waals surface area contributed by atoms with Crippen LogP contribution in [0.5, 0.6) is 0 Å². The molecule has 7 heteroatoms. The summed E-state index contributed by atoms with van der Waals surface area (Å²) in [5.41, 5.74) is -0.0753. The number of pyridine rings is 1. The molecule has 0 bridgehead atoms. The quantitative estimate of drug-likeness (QED) is 0.772. The van der Waals surface area contributed by atoms with E-state index in [1.54, 1.807) is 13.8 Å². The van der Waals surface area contributed by atoms with Crippen molar-refractivity contribution in [3.63, 3.8) is 0 Å². The van der Waals surface area contributed by atoms with E-state index >= 15 is 0 Å². The van der Waals surface area contributed by atoms with Crippen LogP contribution >= 0.6 is 11.6 Å². The number of alkyl halides is 3. The van der Waals surface area contributed by atoms with Gasteiger partial charge in [-0.2, -0.15) is 13.2 Å². The van der Waals surface area contributed by atoms with Crippen molar-refractivity contribution >= 4 is 17.5 Å². The smallest absolute Gasteiger partial charge is 0.325 e. The van der Waals surface area contributed by atoms with Crippen molar-refractivity contribution in [2.24, 2.45) is 0 Å². The molecular weight excluding hydrogens is 293 g/mol. The van der Waals surface area contributed by atoms with E-state index in [0.717, 1.165) is 4.90 Å². The Balaban J connectivity index is 3.06. The number of hydrogen-bond acceptors (Lipinski definition) is 2. The second-order valence-corrected chi connectivity index (χ2v) is 4.75. The molecule has 20 heavy (non-hydrogen) atoms. The molecule has 0 aliphatic carbocycles. The van der Waals surface area contributed by atoms with Crippen LogP contribution in [0.2, 0.25) is 5.15 Å². The predicted molar refractivity (Wildman–Crippen MR) is 70.7 cm³/mol. The van der Waals surface area contributed by atoms with Crippen LogP contribution in [-0.4, -0.2) is 34.6 Å². The molecule has 0 aliphatic heterocycles. The lowest BCUT2D eigenvalue weighted by Gasteiger charge is -2.31. The summed E-state index contributed by atoms with van der Waals surface area (Å²) in [5, 5.41) is 0.0763. The van der Waals surface area contributed by atoms with Crippen LogP contribution in [-0.2, 0) is 0 Å². The van der Waals surface area contributed by atoms with E-state index in [2.05, 4.69) is 4.98 Å². The number of aromatic nitrogens is 1. The van der Waals surface area contributed by atoms with Crippen molar-refractivity contribution in [2.45, 2.75) is 38.9 Å². The molecule has 0 aromatic carbocycles. The van der Waals surface area contributed by atoms with Gasteiger partial charge in [0, 0.05) is 6.04 Å². The van der Waals surface area contributed by atoms with Gasteiger partial charge in [0.1, 0.15) is 17.4 Å². The van der Waals surface area contributed by atoms with Crippen LogP contribution in [0.15, 0.2) is 18.2 Å². The lowest BCUT2D eigenvalue weighted by Crippen LogP contribution is -2.45. The first-order valence-electron chi connectivity index (χ1n) is 6.28. The Morgan fingerprint density at radius 2 is 1.95 bits per heavy atom. The van der Waals surface area contributed by atoms with Crippen LogP contribution in [0, 0.1) is 0 Å². The minimum Gasteiger partial charge on any atom is -0.325 e. The van der Waals surface area contributed by atoms with E-state index in [-0.39, 0.29) is 10.8 Å². The molecular formula is C13H16ClF3N2O. The lowest BCUT2D eigenvalue weighted by molar-refractivity contribution is -0.145. The predicted octanol–water partition coefficient (Wildman–Crippen LogP) is 3.93. The molecule has 0 spiro atoms. The van der Waals surface area contributed by atoms with Crippen molar-refractivity contribution in [3.05, 3.63) is 29.0 Å². The third-order valence-electron chi connectivity index (χ3n) is 2.93. The second-order valence-electron chi connectivity index (χ2n) is 4.36. The summed E-state index contributed by atoms with van der Waals surface area (Å²) >= 11 is 5.67. The van der Waals surface area contributed by atoms with Gasteiger partial charge in [-0.1, -0.05) is 31.5 Å². The molecule has 0 N–H and O–H groups in total. The molecule has 112 valence electrons. The zero-order valence-corrected chi connectivity index (χ0v) is 12.0. The molecule has 1 aromatic rings. The fourth-order valence-corrected chi connectivity index (χ4v) is 2.13. The van der Waals surface area contributed by atoms with Gasteiger partial charge >= 0.3 is 6.18 Å². The topological polar surface area (TPSA) is 33.2 Å². The molecule has 0 fully saturated rings. The number of hydrogen-bond donors (Lipinski definition) is 0. The number of nitrogens with zero attached hydrogens (tertiary/aromatic N) is 2. The number of amides is 1. The number of halogens is 4. The molecule has 1 amide bonds. The Morgan fingerprint density at radius 1 is 1.35 bits per heavy atom. The first-order valence-corrected chi connectivity index (χ1v) is 6.66. The maximum absolute atomic E-state index is 12.7. The van der Waals surface area contributed by atoms with Crippen molar-refractivity contribution in [1.82, 2.24) is 9.88 Å². The van der Waals surface area contributed by atoms with Crippen molar-refractivity contribution < 1.29 is 18.0 Å². The van der Waals surface area contributed by atoms with Crippen LogP contribution in [0.1, 0.15) is 37.2 Å². The summed E-state index contributed by atoms with van der Waals surface area (Å²) in [6.07, 6.45) is -3.56. The first kappa shape index (κ1) is 16.8. The second kappa shape index (κ2) is 6.92. The molecule has 0 saturated carbocycles. The van der Waals surface area contributed by atoms with E-state index in [4.69, 9.17) is 11.6 Å². The van der Waals surface area contributed by atoms with E-state index in [9.17, 15) is 18.0 Å². The Hall–Kier alpha value is -1.30. The lowest BCUT2D eigenvalue weighted by atomic mass is 10.1. The average Bonchev–Trinajstić information content (AvgIpc) is 2.36. The maximum Gasteiger partial charge on any atom is 0.406 e. The zero-order valence-electron chi connectivity index (χ0n) is 11.2. The molecule has 3 nitrogen and oxygen atoms in total. The van der Waals surface area contributed by atoms with Gasteiger partial charge in [0.15, 0.2) is 0 Å². The van der Waals surface area contributed by atoms with Crippen molar-refractivity contribution in [2.75, 3.05) is 6.54 Å². The van der Waals surface area contributed by atoms with Crippen molar-refractivity contribution in [3.8, 4) is 0 Å². The molecule has 1 aromatic heterocycles. The van der Waals surface area contributed by atoms with Crippen LogP contribution in [0.4, 0.5) is 13.2 Å². The third kappa shape index (κ3) is 4.67. The van der Waals surface area contributed by atoms with Gasteiger partial charge in [-0.25, -0.2) is 4.98 Å². The Morgan fingerprint density at radius 3 is 2.40 bits per heavy atom. The highest BCUT2D eigenvalue weighted by Crippen LogP contribution is 2.22. The normalized spacial score (nSPS) is 11.8. The third-order valence-corrected chi connectivity index (χ3v) is 3.14. The highest BCUT2D eigenvalue weighted by molar-refractivity contribution is 6.29. The van der Waals surface area contributed by atoms with Crippen molar-refractivity contribution in [1.29, 1.82) is 0 Å². The number of rotatable bonds is 5. The van der Waals surface area contributed by atoms with Gasteiger partial charge in [-0.3, -0.25) is 4.79 Å². The number of carbonyl (C=O) groups excluding carboxylic acids is 1. The van der Waals surface area contributed by atoms with Gasteiger partial charge in [0.05, 0.1) is 0 Å². The molecule has 0 radical (unpaired) electrons. The van der Waals surface area contributed by atoms with Crippen LogP contribution in [0.3, 0.4) is 0 Å². The van der Waals surface area contributed by atoms with Gasteiger partial charge in [-0.05, 0) is 25.0 Å². The summed E-state index contributed by atoms with van der Waals surface area (Å²) < 4.78 is 38.0. The Bertz CT molecular complexity index is 461. The minimum atomic E-state index is -4.45. The van der Waals surface area contributed by atoms with E-state index in [1.165, 1.54) is 18.2 Å². The number of carbonyl (C=O) groups is 1. The van der Waals surface area contributed by atoms with E-state index in [1.807, 2.05) is 0 Å². The van der Waals surface area contributed by atoms with Gasteiger partial charge < -0.3 is 4.90 Å². The molecule has 0 saturated heterocycles. The maximum atomic E-state index is 12.7. The van der Waals surface area contributed by atoms with Gasteiger partial charge in [-0.15, -0.1) is 0 Å². The highest BCUT2D eigenvalue weighted by Gasteiger charge is 2.36. The van der Waals surface area contributed by atoms with Crippen LogP contribution in [0.25, 0.3) is 0 Å². The molecule has 0 aliphatic rings. The van der Waals surface area contributed by atoms with E-state index in [0.29, 0.717) is 12.8 Å². The van der Waals surface area contributed by atoms with E-state index < -0.39 is 24.7 Å². The van der Waals surface area contributed by atoms with Gasteiger partial charge in [0.25, 0.3) is 5.91 Å². The molecule has 1 heterocycles. The minimum absolute atomic E-state index is 0.0753. The summed E-state index contributed by atoms with van der Waals surface area (Å²) in [5.74, 6) is -0.751. The molecule has 0 atom stereocenters. The van der Waals surface area contributed by atoms with Gasteiger partial charge in [0.2, 0.25) is 0 Å². The summed E-state index contributed by atoms with van der Waals surface area (Å²) in [6.45, 7) is 2.21. The largest absolute Gasteiger partial charge is 0.406 e. The highest BCUT2D eigenvalue weighted by atomic mass is 35.5. The first-order chi connectivity index (χ1) is 9.28. The fraction of sp³-hybridized carbons (Fsp3) is 0.538. The zero-order chi connectivity index (χ0) is 15.3. The summed E-state index contributed by atoms with van der Waals surface area (Å²) in [7, 11) is 0. The van der Waals surface area contributed by atoms with Crippen LogP contribution < -0.4 is 0 Å². The summed E-state index contributed by atoms with van der Waals surface area (Å²) in [6, 6.07) is 3.83. The summed E-state index contributed by atoms with van der Waals surface area (Å²) in [4.78, 5) is 16.8. The Labute approximate surface area is 120 Å². The SMILES string of the molecule is CCC(CC)N(CC(F)(F)F)C(=O)c1cccc(Cl)n1. The fourth-order valence-electron chi connectivity index (χ4n) is 1.96. The average molecular weight is 309 g/mol.